The molecule has 0 aliphatic rings. The highest BCUT2D eigenvalue weighted by Gasteiger charge is 2.10. The van der Waals surface area contributed by atoms with Crippen LogP contribution in [0.2, 0.25) is 0 Å². The van der Waals surface area contributed by atoms with Crippen LogP contribution < -0.4 is 0 Å². The van der Waals surface area contributed by atoms with E-state index in [2.05, 4.69) is 26.0 Å². The second kappa shape index (κ2) is 51.0. The zero-order valence-corrected chi connectivity index (χ0v) is 39.3. The molecule has 3 nitrogen and oxygen atoms in total. The van der Waals surface area contributed by atoms with Gasteiger partial charge in [-0.2, -0.15) is 0 Å². The Bertz CT molecular complexity index is 803. The minimum atomic E-state index is -0.323. The summed E-state index contributed by atoms with van der Waals surface area (Å²) in [5.74, 6) is -0.644. The SMILES string of the molecule is CCCCCCCC/C=C\CCCCCCCCCCCC(=O)OC(=O)CCCCCCCCCCCCCCCCCCCCCCCCCCCCCCC. The highest BCUT2D eigenvalue weighted by molar-refractivity contribution is 5.85. The minimum absolute atomic E-state index is 0.321. The van der Waals surface area contributed by atoms with E-state index >= 15 is 0 Å². The molecule has 0 rings (SSSR count). The number of allylic oxidation sites excluding steroid dienone is 2. The van der Waals surface area contributed by atoms with Gasteiger partial charge >= 0.3 is 11.9 Å². The fourth-order valence-electron chi connectivity index (χ4n) is 8.39. The van der Waals surface area contributed by atoms with Gasteiger partial charge in [-0.3, -0.25) is 9.59 Å². The molecule has 0 aliphatic carbocycles. The second-order valence-corrected chi connectivity index (χ2v) is 18.2. The molecule has 0 amide bonds. The molecule has 0 atom stereocenters. The number of hydrogen-bond acceptors (Lipinski definition) is 3. The summed E-state index contributed by atoms with van der Waals surface area (Å²) in [6, 6.07) is 0. The maximum atomic E-state index is 12.1. The molecule has 0 fully saturated rings. The molecule has 0 aromatic carbocycles. The van der Waals surface area contributed by atoms with Gasteiger partial charge in [-0.1, -0.05) is 283 Å². The molecule has 57 heavy (non-hydrogen) atoms. The van der Waals surface area contributed by atoms with Gasteiger partial charge in [-0.25, -0.2) is 0 Å². The van der Waals surface area contributed by atoms with Crippen molar-refractivity contribution in [3.63, 3.8) is 0 Å². The van der Waals surface area contributed by atoms with Gasteiger partial charge in [0.05, 0.1) is 0 Å². The van der Waals surface area contributed by atoms with Crippen LogP contribution in [0.5, 0.6) is 0 Å². The average Bonchev–Trinajstić information content (AvgIpc) is 3.21. The second-order valence-electron chi connectivity index (χ2n) is 18.2. The number of esters is 2. The first kappa shape index (κ1) is 55.9. The van der Waals surface area contributed by atoms with Crippen LogP contribution in [0.1, 0.15) is 322 Å². The van der Waals surface area contributed by atoms with E-state index in [0.717, 1.165) is 25.7 Å². The monoisotopic (exact) mass is 801 g/mol. The van der Waals surface area contributed by atoms with Crippen molar-refractivity contribution in [2.45, 2.75) is 322 Å². The van der Waals surface area contributed by atoms with Crippen molar-refractivity contribution in [1.29, 1.82) is 0 Å². The van der Waals surface area contributed by atoms with Gasteiger partial charge < -0.3 is 4.74 Å². The molecule has 0 aliphatic heterocycles. The molecule has 0 aromatic rings. The van der Waals surface area contributed by atoms with Gasteiger partial charge in [0.2, 0.25) is 0 Å². The Labute approximate surface area is 359 Å². The van der Waals surface area contributed by atoms with Gasteiger partial charge in [0, 0.05) is 12.8 Å². The summed E-state index contributed by atoms with van der Waals surface area (Å²) < 4.78 is 5.07. The topological polar surface area (TPSA) is 43.4 Å². The Morgan fingerprint density at radius 1 is 0.263 bits per heavy atom. The minimum Gasteiger partial charge on any atom is -0.393 e. The normalized spacial score (nSPS) is 11.6. The third kappa shape index (κ3) is 51.0. The van der Waals surface area contributed by atoms with Gasteiger partial charge in [0.1, 0.15) is 0 Å². The van der Waals surface area contributed by atoms with Crippen LogP contribution in [0.4, 0.5) is 0 Å². The van der Waals surface area contributed by atoms with Crippen molar-refractivity contribution in [1.82, 2.24) is 0 Å². The fraction of sp³-hybridized carbons (Fsp3) is 0.926. The quantitative estimate of drug-likeness (QED) is 0.0266. The highest BCUT2D eigenvalue weighted by atomic mass is 16.6. The van der Waals surface area contributed by atoms with Crippen LogP contribution in [-0.4, -0.2) is 11.9 Å². The number of hydrogen-bond donors (Lipinski definition) is 0. The van der Waals surface area contributed by atoms with Crippen LogP contribution in [-0.2, 0) is 14.3 Å². The first-order valence-electron chi connectivity index (χ1n) is 26.6. The van der Waals surface area contributed by atoms with E-state index in [1.54, 1.807) is 0 Å². The Balaban J connectivity index is 3.24. The lowest BCUT2D eigenvalue weighted by molar-refractivity contribution is -0.159. The third-order valence-electron chi connectivity index (χ3n) is 12.4. The maximum absolute atomic E-state index is 12.1. The zero-order valence-electron chi connectivity index (χ0n) is 39.3. The molecule has 0 radical (unpaired) electrons. The lowest BCUT2D eigenvalue weighted by Crippen LogP contribution is -2.11. The van der Waals surface area contributed by atoms with Crippen LogP contribution in [0, 0.1) is 0 Å². The number of carbonyl (C=O) groups excluding carboxylic acids is 2. The Hall–Kier alpha value is -1.12. The standard InChI is InChI=1S/C54H104O3/c1-3-5-7-9-11-13-15-17-19-21-23-24-25-26-27-28-29-30-31-32-34-36-38-40-42-44-46-48-50-52-54(56)57-53(55)51-49-47-45-43-41-39-37-35-33-22-20-18-16-14-12-10-8-6-4-2/h18,20H,3-17,19,21-52H2,1-2H3/b20-18-. The summed E-state index contributed by atoms with van der Waals surface area (Å²) in [6.07, 6.45) is 67.7. The molecule has 0 saturated carbocycles. The smallest absolute Gasteiger partial charge is 0.313 e. The Kier molecular flexibility index (Phi) is 50.0. The summed E-state index contributed by atoms with van der Waals surface area (Å²) in [6.45, 7) is 4.58. The van der Waals surface area contributed by atoms with E-state index in [0.29, 0.717) is 12.8 Å². The van der Waals surface area contributed by atoms with E-state index in [1.807, 2.05) is 0 Å². The molecule has 0 N–H and O–H groups in total. The maximum Gasteiger partial charge on any atom is 0.313 e. The summed E-state index contributed by atoms with van der Waals surface area (Å²) in [5.41, 5.74) is 0. The highest BCUT2D eigenvalue weighted by Crippen LogP contribution is 2.18. The number of ether oxygens (including phenoxy) is 1. The van der Waals surface area contributed by atoms with Crippen molar-refractivity contribution in [3.05, 3.63) is 12.2 Å². The molecule has 0 saturated heterocycles. The molecule has 3 heteroatoms. The molecule has 0 heterocycles. The lowest BCUT2D eigenvalue weighted by atomic mass is 10.0. The van der Waals surface area contributed by atoms with E-state index < -0.39 is 0 Å². The van der Waals surface area contributed by atoms with E-state index in [-0.39, 0.29) is 11.9 Å². The molecule has 0 bridgehead atoms. The number of unbranched alkanes of at least 4 members (excludes halogenated alkanes) is 43. The number of rotatable bonds is 49. The molecular formula is C54H104O3. The summed E-state index contributed by atoms with van der Waals surface area (Å²) in [7, 11) is 0. The average molecular weight is 801 g/mol. The fourth-order valence-corrected chi connectivity index (χ4v) is 8.39. The summed E-state index contributed by atoms with van der Waals surface area (Å²) in [5, 5.41) is 0. The van der Waals surface area contributed by atoms with Crippen molar-refractivity contribution in [2.75, 3.05) is 0 Å². The van der Waals surface area contributed by atoms with Crippen molar-refractivity contribution in [2.24, 2.45) is 0 Å². The number of carbonyl (C=O) groups is 2. The van der Waals surface area contributed by atoms with Crippen molar-refractivity contribution < 1.29 is 14.3 Å². The lowest BCUT2D eigenvalue weighted by Gasteiger charge is -2.05. The van der Waals surface area contributed by atoms with Crippen molar-refractivity contribution in [3.8, 4) is 0 Å². The van der Waals surface area contributed by atoms with Crippen LogP contribution >= 0.6 is 0 Å². The molecule has 0 spiro atoms. The van der Waals surface area contributed by atoms with E-state index in [9.17, 15) is 9.59 Å². The van der Waals surface area contributed by atoms with Crippen molar-refractivity contribution >= 4 is 11.9 Å². The summed E-state index contributed by atoms with van der Waals surface area (Å²) in [4.78, 5) is 24.1. The van der Waals surface area contributed by atoms with E-state index in [1.165, 1.54) is 270 Å². The molecule has 0 unspecified atom stereocenters. The Morgan fingerprint density at radius 2 is 0.439 bits per heavy atom. The zero-order chi connectivity index (χ0) is 41.2. The van der Waals surface area contributed by atoms with Gasteiger partial charge in [0.25, 0.3) is 0 Å². The predicted octanol–water partition coefficient (Wildman–Crippen LogP) is 19.4. The van der Waals surface area contributed by atoms with Crippen LogP contribution in [0.3, 0.4) is 0 Å². The van der Waals surface area contributed by atoms with Gasteiger partial charge in [0.15, 0.2) is 0 Å². The molecule has 338 valence electrons. The van der Waals surface area contributed by atoms with Gasteiger partial charge in [-0.15, -0.1) is 0 Å². The van der Waals surface area contributed by atoms with Crippen LogP contribution in [0.25, 0.3) is 0 Å². The largest absolute Gasteiger partial charge is 0.393 e. The van der Waals surface area contributed by atoms with E-state index in [4.69, 9.17) is 4.74 Å². The summed E-state index contributed by atoms with van der Waals surface area (Å²) >= 11 is 0. The first-order valence-corrected chi connectivity index (χ1v) is 26.6. The predicted molar refractivity (Wildman–Crippen MR) is 253 cm³/mol. The first-order chi connectivity index (χ1) is 28.2. The van der Waals surface area contributed by atoms with Crippen LogP contribution in [0.15, 0.2) is 12.2 Å². The third-order valence-corrected chi connectivity index (χ3v) is 12.4. The van der Waals surface area contributed by atoms with Gasteiger partial charge in [-0.05, 0) is 38.5 Å². The molecular weight excluding hydrogens is 697 g/mol. The molecule has 0 aromatic heterocycles. The Morgan fingerprint density at radius 3 is 0.649 bits per heavy atom.